The molecule has 0 radical (unpaired) electrons. The Morgan fingerprint density at radius 2 is 1.74 bits per heavy atom. The van der Waals surface area contributed by atoms with Crippen molar-refractivity contribution in [1.82, 2.24) is 15.2 Å². The molecular formula is C22H23F3N4O3S2. The third-order valence-corrected chi connectivity index (χ3v) is 8.36. The van der Waals surface area contributed by atoms with Gasteiger partial charge in [0.05, 0.1) is 15.3 Å². The molecule has 1 amide bonds. The normalized spacial score (nSPS) is 15.1. The van der Waals surface area contributed by atoms with Crippen molar-refractivity contribution in [2.75, 3.05) is 49.9 Å². The van der Waals surface area contributed by atoms with Gasteiger partial charge >= 0.3 is 0 Å². The minimum atomic E-state index is -3.66. The summed E-state index contributed by atoms with van der Waals surface area (Å²) in [6, 6.07) is 6.62. The second-order valence-corrected chi connectivity index (χ2v) is 11.1. The number of aromatic nitrogens is 1. The quantitative estimate of drug-likeness (QED) is 0.468. The van der Waals surface area contributed by atoms with Gasteiger partial charge < -0.3 is 10.2 Å². The Morgan fingerprint density at radius 3 is 2.44 bits per heavy atom. The summed E-state index contributed by atoms with van der Waals surface area (Å²) >= 11 is 1.25. The first-order valence-corrected chi connectivity index (χ1v) is 13.2. The lowest BCUT2D eigenvalue weighted by atomic mass is 10.3. The average molecular weight is 513 g/mol. The Hall–Kier alpha value is -2.70. The van der Waals surface area contributed by atoms with Crippen LogP contribution in [0, 0.1) is 17.5 Å². The molecule has 3 aromatic rings. The summed E-state index contributed by atoms with van der Waals surface area (Å²) in [5.74, 6) is -2.54. The number of hydrogen-bond acceptors (Lipinski definition) is 7. The fourth-order valence-corrected chi connectivity index (χ4v) is 5.97. The summed E-state index contributed by atoms with van der Waals surface area (Å²) in [6.45, 7) is 3.72. The highest BCUT2D eigenvalue weighted by Gasteiger charge is 2.21. The molecule has 0 saturated carbocycles. The molecule has 4 rings (SSSR count). The number of thiazole rings is 1. The van der Waals surface area contributed by atoms with Crippen molar-refractivity contribution in [3.8, 4) is 0 Å². The first-order chi connectivity index (χ1) is 16.2. The molecule has 2 heterocycles. The first-order valence-electron chi connectivity index (χ1n) is 10.7. The molecule has 1 aromatic heterocycles. The lowest BCUT2D eigenvalue weighted by molar-refractivity contribution is -0.120. The van der Waals surface area contributed by atoms with Crippen LogP contribution in [0.1, 0.15) is 6.42 Å². The number of rotatable bonds is 8. The topological polar surface area (TPSA) is 82.6 Å². The Bertz CT molecular complexity index is 1270. The number of carbonyl (C=O) groups excluding carboxylic acids is 1. The standard InChI is InChI=1S/C22H23F3N4O3S2/c23-15-1-3-17(4-2-15)34(31,32)12-5-20(30)26-6-7-28-8-10-29(11-9-28)22-27-21-18(25)13-16(24)14-19(21)33-22/h1-4,13-14H,5-12H2,(H,26,30). The summed E-state index contributed by atoms with van der Waals surface area (Å²) in [4.78, 5) is 20.5. The summed E-state index contributed by atoms with van der Waals surface area (Å²) in [5, 5.41) is 3.38. The lowest BCUT2D eigenvalue weighted by Crippen LogP contribution is -2.48. The van der Waals surface area contributed by atoms with Crippen molar-refractivity contribution in [3.05, 3.63) is 53.8 Å². The lowest BCUT2D eigenvalue weighted by Gasteiger charge is -2.34. The van der Waals surface area contributed by atoms with Crippen molar-refractivity contribution in [2.45, 2.75) is 11.3 Å². The van der Waals surface area contributed by atoms with E-state index in [-0.39, 0.29) is 28.5 Å². The number of halogens is 3. The van der Waals surface area contributed by atoms with E-state index in [2.05, 4.69) is 15.2 Å². The van der Waals surface area contributed by atoms with E-state index >= 15 is 0 Å². The van der Waals surface area contributed by atoms with Gasteiger partial charge in [-0.25, -0.2) is 26.6 Å². The molecule has 1 saturated heterocycles. The number of benzene rings is 2. The molecule has 1 aliphatic heterocycles. The van der Waals surface area contributed by atoms with E-state index in [1.54, 1.807) is 0 Å². The minimum absolute atomic E-state index is 0.0134. The van der Waals surface area contributed by atoms with Crippen molar-refractivity contribution in [3.63, 3.8) is 0 Å². The number of sulfone groups is 1. The summed E-state index contributed by atoms with van der Waals surface area (Å²) < 4.78 is 65.3. The smallest absolute Gasteiger partial charge is 0.221 e. The highest BCUT2D eigenvalue weighted by atomic mass is 32.2. The maximum Gasteiger partial charge on any atom is 0.221 e. The fourth-order valence-electron chi connectivity index (χ4n) is 3.67. The van der Waals surface area contributed by atoms with E-state index in [1.165, 1.54) is 29.5 Å². The second-order valence-electron chi connectivity index (χ2n) is 7.93. The van der Waals surface area contributed by atoms with Gasteiger partial charge in [-0.15, -0.1) is 0 Å². The number of hydrogen-bond donors (Lipinski definition) is 1. The molecule has 7 nitrogen and oxygen atoms in total. The van der Waals surface area contributed by atoms with Crippen LogP contribution >= 0.6 is 11.3 Å². The highest BCUT2D eigenvalue weighted by Crippen LogP contribution is 2.31. The maximum absolute atomic E-state index is 13.9. The van der Waals surface area contributed by atoms with Crippen molar-refractivity contribution in [1.29, 1.82) is 0 Å². The third kappa shape index (κ3) is 5.86. The highest BCUT2D eigenvalue weighted by molar-refractivity contribution is 7.91. The van der Waals surface area contributed by atoms with Gasteiger partial charge in [-0.3, -0.25) is 9.69 Å². The molecule has 0 spiro atoms. The fraction of sp³-hybridized carbons (Fsp3) is 0.364. The molecule has 1 aliphatic rings. The molecular weight excluding hydrogens is 489 g/mol. The second kappa shape index (κ2) is 10.3. The summed E-state index contributed by atoms with van der Waals surface area (Å²) in [6.07, 6.45) is -0.178. The van der Waals surface area contributed by atoms with Gasteiger partial charge in [0.25, 0.3) is 0 Å². The van der Waals surface area contributed by atoms with Crippen LogP contribution in [0.3, 0.4) is 0 Å². The van der Waals surface area contributed by atoms with E-state index in [4.69, 9.17) is 0 Å². The van der Waals surface area contributed by atoms with Crippen LogP contribution < -0.4 is 10.2 Å². The molecule has 1 N–H and O–H groups in total. The van der Waals surface area contributed by atoms with Crippen molar-refractivity contribution in [2.24, 2.45) is 0 Å². The summed E-state index contributed by atoms with van der Waals surface area (Å²) in [7, 11) is -3.66. The maximum atomic E-state index is 13.9. The largest absolute Gasteiger partial charge is 0.355 e. The first kappa shape index (κ1) is 24.4. The van der Waals surface area contributed by atoms with Gasteiger partial charge in [-0.2, -0.15) is 0 Å². The molecule has 2 aromatic carbocycles. The number of nitrogens with one attached hydrogen (secondary N) is 1. The molecule has 0 atom stereocenters. The number of amides is 1. The number of carbonyl (C=O) groups is 1. The van der Waals surface area contributed by atoms with Gasteiger partial charge in [-0.1, -0.05) is 11.3 Å². The SMILES string of the molecule is O=C(CCS(=O)(=O)c1ccc(F)cc1)NCCN1CCN(c2nc3c(F)cc(F)cc3s2)CC1. The molecule has 1 fully saturated rings. The predicted molar refractivity (Wildman–Crippen MR) is 124 cm³/mol. The van der Waals surface area contributed by atoms with Crippen LogP contribution in [0.25, 0.3) is 10.2 Å². The molecule has 0 unspecified atom stereocenters. The zero-order chi connectivity index (χ0) is 24.3. The summed E-state index contributed by atoms with van der Waals surface area (Å²) in [5.41, 5.74) is 0.174. The number of piperazine rings is 1. The van der Waals surface area contributed by atoms with Gasteiger partial charge in [0.15, 0.2) is 20.8 Å². The van der Waals surface area contributed by atoms with Gasteiger partial charge in [-0.05, 0) is 30.3 Å². The Kier molecular flexibility index (Phi) is 7.39. The van der Waals surface area contributed by atoms with Crippen LogP contribution in [0.4, 0.5) is 18.3 Å². The van der Waals surface area contributed by atoms with Gasteiger partial charge in [0.1, 0.15) is 17.2 Å². The zero-order valence-electron chi connectivity index (χ0n) is 18.1. The van der Waals surface area contributed by atoms with Crippen LogP contribution in [-0.4, -0.2) is 69.2 Å². The van der Waals surface area contributed by atoms with E-state index < -0.39 is 27.3 Å². The number of fused-ring (bicyclic) bond motifs is 1. The third-order valence-electron chi connectivity index (χ3n) is 5.57. The Balaban J connectivity index is 1.19. The van der Waals surface area contributed by atoms with E-state index in [9.17, 15) is 26.4 Å². The predicted octanol–water partition coefficient (Wildman–Crippen LogP) is 2.82. The monoisotopic (exact) mass is 512 g/mol. The van der Waals surface area contributed by atoms with E-state index in [0.717, 1.165) is 18.2 Å². The van der Waals surface area contributed by atoms with Crippen LogP contribution in [0.5, 0.6) is 0 Å². The van der Waals surface area contributed by atoms with Crippen LogP contribution in [0.2, 0.25) is 0 Å². The average Bonchev–Trinajstić information content (AvgIpc) is 3.23. The Morgan fingerprint density at radius 1 is 1.03 bits per heavy atom. The Labute approximate surface area is 199 Å². The van der Waals surface area contributed by atoms with Crippen LogP contribution in [0.15, 0.2) is 41.3 Å². The number of nitrogens with zero attached hydrogens (tertiary/aromatic N) is 3. The molecule has 0 aliphatic carbocycles. The van der Waals surface area contributed by atoms with Crippen molar-refractivity contribution < 1.29 is 26.4 Å². The van der Waals surface area contributed by atoms with E-state index in [1.807, 2.05) is 4.90 Å². The number of anilines is 1. The minimum Gasteiger partial charge on any atom is -0.355 e. The molecule has 0 bridgehead atoms. The zero-order valence-corrected chi connectivity index (χ0v) is 19.8. The molecule has 182 valence electrons. The van der Waals surface area contributed by atoms with Crippen molar-refractivity contribution >= 4 is 42.4 Å². The van der Waals surface area contributed by atoms with Crippen LogP contribution in [-0.2, 0) is 14.6 Å². The molecule has 34 heavy (non-hydrogen) atoms. The van der Waals surface area contributed by atoms with Gasteiger partial charge in [0, 0.05) is 51.8 Å². The van der Waals surface area contributed by atoms with Gasteiger partial charge in [0.2, 0.25) is 5.91 Å². The molecule has 12 heteroatoms. The van der Waals surface area contributed by atoms with E-state index in [0.29, 0.717) is 49.1 Å².